The standard InChI is InChI=1S/C31H43N3O7/c1-19(32-29(38)22-10-12-23(35)13-11-22)28(37)34-26(17-21-8-14-24(40-3)15-9-21)30(39)33-25(16-20-6-4-5-7-20)27(36)31(2)18-41-31/h6,8-9,14-15,19,22-23,25-26,35H,4-5,7,10-13,16-18H2,1-3H3,(H,32,38)(H,33,39)(H,34,37)/t19-,22-,23+,25+,26+,31-/m1/s1. The van der Waals surface area contributed by atoms with Crippen LogP contribution in [0.25, 0.3) is 0 Å². The van der Waals surface area contributed by atoms with Crippen LogP contribution in [0.5, 0.6) is 5.75 Å². The maximum atomic E-state index is 13.7. The molecule has 3 aliphatic rings. The summed E-state index contributed by atoms with van der Waals surface area (Å²) in [5.41, 5.74) is 1.03. The number of nitrogens with one attached hydrogen (secondary N) is 3. The Balaban J connectivity index is 1.46. The fraction of sp³-hybridized carbons (Fsp3) is 0.613. The lowest BCUT2D eigenvalue weighted by atomic mass is 9.87. The Hall–Kier alpha value is -3.24. The molecule has 10 heteroatoms. The molecule has 10 nitrogen and oxygen atoms in total. The fourth-order valence-corrected chi connectivity index (χ4v) is 5.52. The molecule has 1 saturated heterocycles. The number of ketones is 1. The highest BCUT2D eigenvalue weighted by Crippen LogP contribution is 2.31. The zero-order valence-corrected chi connectivity index (χ0v) is 24.2. The number of epoxide rings is 1. The summed E-state index contributed by atoms with van der Waals surface area (Å²) in [6, 6.07) is 4.56. The van der Waals surface area contributed by atoms with E-state index in [9.17, 15) is 24.3 Å². The van der Waals surface area contributed by atoms with Crippen LogP contribution in [0.3, 0.4) is 0 Å². The van der Waals surface area contributed by atoms with Gasteiger partial charge in [-0.25, -0.2) is 0 Å². The zero-order valence-electron chi connectivity index (χ0n) is 24.2. The number of Topliss-reactive ketones (excluding diaryl/α,β-unsaturated/α-hetero) is 1. The third kappa shape index (κ3) is 8.39. The van der Waals surface area contributed by atoms with Crippen LogP contribution in [0.2, 0.25) is 0 Å². The van der Waals surface area contributed by atoms with E-state index < -0.39 is 35.5 Å². The smallest absolute Gasteiger partial charge is 0.243 e. The minimum atomic E-state index is -0.985. The van der Waals surface area contributed by atoms with Crippen molar-refractivity contribution < 1.29 is 33.8 Å². The van der Waals surface area contributed by atoms with Crippen molar-refractivity contribution in [2.45, 2.75) is 101 Å². The number of hydrogen-bond donors (Lipinski definition) is 4. The molecule has 0 radical (unpaired) electrons. The first-order chi connectivity index (χ1) is 19.6. The molecule has 2 fully saturated rings. The first-order valence-electron chi connectivity index (χ1n) is 14.7. The van der Waals surface area contributed by atoms with E-state index in [1.54, 1.807) is 33.1 Å². The predicted octanol–water partition coefficient (Wildman–Crippen LogP) is 2.12. The van der Waals surface area contributed by atoms with Crippen LogP contribution in [0.1, 0.15) is 70.8 Å². The fourth-order valence-electron chi connectivity index (χ4n) is 5.52. The van der Waals surface area contributed by atoms with Crippen molar-refractivity contribution in [3.05, 3.63) is 41.5 Å². The molecule has 0 spiro atoms. The Morgan fingerprint density at radius 2 is 1.66 bits per heavy atom. The number of ether oxygens (including phenoxy) is 2. The highest BCUT2D eigenvalue weighted by molar-refractivity contribution is 5.98. The number of carbonyl (C=O) groups is 4. The van der Waals surface area contributed by atoms with Crippen molar-refractivity contribution in [1.29, 1.82) is 0 Å². The molecule has 1 aromatic carbocycles. The Morgan fingerprint density at radius 3 is 2.24 bits per heavy atom. The molecule has 1 saturated carbocycles. The topological polar surface area (TPSA) is 146 Å². The number of rotatable bonds is 13. The Morgan fingerprint density at radius 1 is 1.00 bits per heavy atom. The van der Waals surface area contributed by atoms with Crippen molar-refractivity contribution >= 4 is 23.5 Å². The maximum Gasteiger partial charge on any atom is 0.243 e. The highest BCUT2D eigenvalue weighted by atomic mass is 16.6. The SMILES string of the molecule is COc1ccc(C[C@H](NC(=O)[C@@H](C)NC(=O)[C@H]2CC[C@@H](O)CC2)C(=O)N[C@@H](CC2=CCCC2)C(=O)[C@@]2(C)CO2)cc1. The summed E-state index contributed by atoms with van der Waals surface area (Å²) in [5, 5.41) is 18.2. The first kappa shape index (κ1) is 30.7. The molecule has 2 aliphatic carbocycles. The van der Waals surface area contributed by atoms with Gasteiger partial charge in [0.25, 0.3) is 0 Å². The number of aliphatic hydroxyl groups excluding tert-OH is 1. The first-order valence-corrected chi connectivity index (χ1v) is 14.7. The van der Waals surface area contributed by atoms with Crippen molar-refractivity contribution in [1.82, 2.24) is 16.0 Å². The third-order valence-corrected chi connectivity index (χ3v) is 8.38. The summed E-state index contributed by atoms with van der Waals surface area (Å²) in [6.45, 7) is 3.63. The molecule has 1 aromatic rings. The highest BCUT2D eigenvalue weighted by Gasteiger charge is 2.50. The van der Waals surface area contributed by atoms with Gasteiger partial charge >= 0.3 is 0 Å². The number of methoxy groups -OCH3 is 1. The Labute approximate surface area is 241 Å². The van der Waals surface area contributed by atoms with E-state index >= 15 is 0 Å². The van der Waals surface area contributed by atoms with Gasteiger partial charge in [0.15, 0.2) is 5.78 Å². The van der Waals surface area contributed by atoms with Crippen LogP contribution in [-0.4, -0.2) is 72.2 Å². The van der Waals surface area contributed by atoms with E-state index in [-0.39, 0.29) is 30.1 Å². The maximum absolute atomic E-state index is 13.7. The van der Waals surface area contributed by atoms with Crippen molar-refractivity contribution in [2.24, 2.45) is 5.92 Å². The van der Waals surface area contributed by atoms with Crippen LogP contribution in [-0.2, 0) is 30.3 Å². The molecule has 0 aromatic heterocycles. The molecule has 4 N–H and O–H groups in total. The van der Waals surface area contributed by atoms with Crippen LogP contribution in [0.15, 0.2) is 35.9 Å². The van der Waals surface area contributed by atoms with Crippen molar-refractivity contribution in [3.63, 3.8) is 0 Å². The van der Waals surface area contributed by atoms with E-state index in [1.807, 2.05) is 12.1 Å². The summed E-state index contributed by atoms with van der Waals surface area (Å²) in [7, 11) is 1.57. The molecule has 3 amide bonds. The Bertz CT molecular complexity index is 1140. The number of hydrogen-bond acceptors (Lipinski definition) is 7. The summed E-state index contributed by atoms with van der Waals surface area (Å²) < 4.78 is 10.6. The molecule has 4 rings (SSSR count). The summed E-state index contributed by atoms with van der Waals surface area (Å²) in [4.78, 5) is 53.0. The average molecular weight is 570 g/mol. The number of aliphatic hydroxyl groups is 1. The second-order valence-electron chi connectivity index (χ2n) is 11.8. The van der Waals surface area contributed by atoms with Crippen LogP contribution in [0, 0.1) is 5.92 Å². The van der Waals surface area contributed by atoms with Gasteiger partial charge in [0, 0.05) is 12.3 Å². The van der Waals surface area contributed by atoms with Gasteiger partial charge in [0.2, 0.25) is 17.7 Å². The predicted molar refractivity (Wildman–Crippen MR) is 152 cm³/mol. The van der Waals surface area contributed by atoms with Gasteiger partial charge in [-0.2, -0.15) is 0 Å². The molecule has 1 aliphatic heterocycles. The molecular weight excluding hydrogens is 526 g/mol. The molecular formula is C31H43N3O7. The second-order valence-corrected chi connectivity index (χ2v) is 11.8. The monoisotopic (exact) mass is 569 g/mol. The van der Waals surface area contributed by atoms with Gasteiger partial charge in [0.1, 0.15) is 23.4 Å². The average Bonchev–Trinajstić information content (AvgIpc) is 3.50. The molecule has 0 bridgehead atoms. The second kappa shape index (κ2) is 13.6. The van der Waals surface area contributed by atoms with Crippen LogP contribution in [0.4, 0.5) is 0 Å². The van der Waals surface area contributed by atoms with Gasteiger partial charge in [0.05, 0.1) is 25.9 Å². The molecule has 41 heavy (non-hydrogen) atoms. The zero-order chi connectivity index (χ0) is 29.6. The lowest BCUT2D eigenvalue weighted by Gasteiger charge is -2.27. The van der Waals surface area contributed by atoms with E-state index in [4.69, 9.17) is 9.47 Å². The number of benzene rings is 1. The number of amides is 3. The van der Waals surface area contributed by atoms with Gasteiger partial charge < -0.3 is 30.5 Å². The molecule has 224 valence electrons. The van der Waals surface area contributed by atoms with Gasteiger partial charge in [-0.1, -0.05) is 23.8 Å². The summed E-state index contributed by atoms with van der Waals surface area (Å²) >= 11 is 0. The quantitative estimate of drug-likeness (QED) is 0.210. The Kier molecular flexibility index (Phi) is 10.2. The molecule has 4 atom stereocenters. The minimum Gasteiger partial charge on any atom is -0.497 e. The van der Waals surface area contributed by atoms with Gasteiger partial charge in [-0.3, -0.25) is 19.2 Å². The van der Waals surface area contributed by atoms with E-state index in [0.29, 0.717) is 44.5 Å². The number of carbonyl (C=O) groups excluding carboxylic acids is 4. The third-order valence-electron chi connectivity index (χ3n) is 8.38. The van der Waals surface area contributed by atoms with Gasteiger partial charge in [-0.05, 0) is 82.9 Å². The van der Waals surface area contributed by atoms with E-state index in [2.05, 4.69) is 22.0 Å². The lowest BCUT2D eigenvalue weighted by Crippen LogP contribution is -2.57. The number of allylic oxidation sites excluding steroid dienone is 1. The van der Waals surface area contributed by atoms with E-state index in [0.717, 1.165) is 30.4 Å². The minimum absolute atomic E-state index is 0.175. The van der Waals surface area contributed by atoms with Gasteiger partial charge in [-0.15, -0.1) is 0 Å². The van der Waals surface area contributed by atoms with E-state index in [1.165, 1.54) is 0 Å². The molecule has 1 heterocycles. The summed E-state index contributed by atoms with van der Waals surface area (Å²) in [6.07, 6.45) is 7.46. The lowest BCUT2D eigenvalue weighted by molar-refractivity contribution is -0.134. The van der Waals surface area contributed by atoms with Crippen molar-refractivity contribution in [2.75, 3.05) is 13.7 Å². The van der Waals surface area contributed by atoms with Crippen LogP contribution >= 0.6 is 0 Å². The molecule has 0 unspecified atom stereocenters. The largest absolute Gasteiger partial charge is 0.497 e. The normalized spacial score (nSPS) is 25.7. The van der Waals surface area contributed by atoms with Crippen molar-refractivity contribution in [3.8, 4) is 5.75 Å². The summed E-state index contributed by atoms with van der Waals surface area (Å²) in [5.74, 6) is -0.972. The van der Waals surface area contributed by atoms with Crippen LogP contribution < -0.4 is 20.7 Å².